The van der Waals surface area contributed by atoms with Crippen LogP contribution in [0.4, 0.5) is 0 Å². The van der Waals surface area contributed by atoms with E-state index in [9.17, 15) is 4.79 Å². The molecule has 94 valence electrons. The third-order valence-corrected chi connectivity index (χ3v) is 2.65. The molecule has 3 nitrogen and oxygen atoms in total. The number of carbonyl (C=O) groups excluding carboxylic acids is 1. The van der Waals surface area contributed by atoms with Gasteiger partial charge in [-0.15, -0.1) is 6.58 Å². The van der Waals surface area contributed by atoms with E-state index in [-0.39, 0.29) is 5.91 Å². The van der Waals surface area contributed by atoms with E-state index in [1.807, 2.05) is 13.0 Å². The van der Waals surface area contributed by atoms with E-state index in [1.165, 1.54) is 0 Å². The first-order valence-corrected chi connectivity index (χ1v) is 6.15. The number of hydrogen-bond donors (Lipinski definition) is 1. The molecule has 1 aromatic rings. The number of pyridine rings is 1. The minimum Gasteiger partial charge on any atom is -0.349 e. The maximum absolute atomic E-state index is 12.0. The minimum atomic E-state index is -0.190. The molecule has 0 aliphatic carbocycles. The summed E-state index contributed by atoms with van der Waals surface area (Å²) in [6.07, 6.45) is 5.71. The molecular weight excluding hydrogens is 244 g/mol. The number of nitrogens with one attached hydrogen (secondary N) is 1. The molecule has 4 heteroatoms. The van der Waals surface area contributed by atoms with E-state index in [0.717, 1.165) is 11.3 Å². The topological polar surface area (TPSA) is 42.0 Å². The Morgan fingerprint density at radius 3 is 2.89 bits per heavy atom. The number of rotatable bonds is 6. The second-order valence-electron chi connectivity index (χ2n) is 3.59. The standard InChI is InChI=1S/C14H16N2OS/c1-3-8-16-14(17)12(10-11(18)4-2)13-7-5-6-9-15-13/h3,5-7,9-10H,1,4,8H2,2H3,(H,16,17). The fourth-order valence-corrected chi connectivity index (χ4v) is 1.42. The van der Waals surface area contributed by atoms with Crippen LogP contribution in [0.5, 0.6) is 0 Å². The van der Waals surface area contributed by atoms with Gasteiger partial charge in [0.15, 0.2) is 0 Å². The van der Waals surface area contributed by atoms with Crippen molar-refractivity contribution in [1.29, 1.82) is 0 Å². The van der Waals surface area contributed by atoms with E-state index in [1.54, 1.807) is 30.5 Å². The first-order valence-electron chi connectivity index (χ1n) is 5.74. The van der Waals surface area contributed by atoms with Crippen molar-refractivity contribution in [2.45, 2.75) is 13.3 Å². The van der Waals surface area contributed by atoms with Crippen LogP contribution in [0.1, 0.15) is 19.0 Å². The number of aromatic nitrogens is 1. The van der Waals surface area contributed by atoms with Gasteiger partial charge in [0, 0.05) is 17.6 Å². The molecule has 0 aromatic carbocycles. The molecule has 0 radical (unpaired) electrons. The number of hydrogen-bond acceptors (Lipinski definition) is 3. The summed E-state index contributed by atoms with van der Waals surface area (Å²) >= 11 is 5.16. The van der Waals surface area contributed by atoms with Crippen LogP contribution < -0.4 is 5.32 Å². The Morgan fingerprint density at radius 1 is 1.56 bits per heavy atom. The molecule has 1 heterocycles. The molecule has 1 aromatic heterocycles. The molecule has 18 heavy (non-hydrogen) atoms. The summed E-state index contributed by atoms with van der Waals surface area (Å²) in [6.45, 7) is 5.94. The molecule has 0 saturated carbocycles. The lowest BCUT2D eigenvalue weighted by Crippen LogP contribution is -2.25. The van der Waals surface area contributed by atoms with Gasteiger partial charge in [-0.3, -0.25) is 9.78 Å². The Bertz CT molecular complexity index is 466. The molecule has 1 amide bonds. The van der Waals surface area contributed by atoms with Crippen molar-refractivity contribution in [3.8, 4) is 0 Å². The molecule has 0 fully saturated rings. The van der Waals surface area contributed by atoms with Gasteiger partial charge >= 0.3 is 0 Å². The van der Waals surface area contributed by atoms with Crippen molar-refractivity contribution < 1.29 is 4.79 Å². The third kappa shape index (κ3) is 4.22. The highest BCUT2D eigenvalue weighted by atomic mass is 32.1. The van der Waals surface area contributed by atoms with Gasteiger partial charge in [-0.1, -0.05) is 31.3 Å². The predicted molar refractivity (Wildman–Crippen MR) is 78.3 cm³/mol. The van der Waals surface area contributed by atoms with Crippen molar-refractivity contribution in [2.75, 3.05) is 6.54 Å². The molecule has 0 saturated heterocycles. The second kappa shape index (κ2) is 7.50. The Balaban J connectivity index is 3.03. The lowest BCUT2D eigenvalue weighted by molar-refractivity contribution is -0.115. The van der Waals surface area contributed by atoms with Gasteiger partial charge in [0.05, 0.1) is 11.3 Å². The maximum Gasteiger partial charge on any atom is 0.253 e. The van der Waals surface area contributed by atoms with Gasteiger partial charge < -0.3 is 5.32 Å². The summed E-state index contributed by atoms with van der Waals surface area (Å²) in [6, 6.07) is 5.43. The molecule has 0 aliphatic rings. The van der Waals surface area contributed by atoms with Crippen LogP contribution in [-0.2, 0) is 4.79 Å². The molecule has 0 atom stereocenters. The van der Waals surface area contributed by atoms with E-state index in [4.69, 9.17) is 12.2 Å². The number of nitrogens with zero attached hydrogens (tertiary/aromatic N) is 1. The number of amides is 1. The average molecular weight is 260 g/mol. The van der Waals surface area contributed by atoms with E-state index >= 15 is 0 Å². The second-order valence-corrected chi connectivity index (χ2v) is 4.12. The number of allylic oxidation sites excluding steroid dienone is 1. The molecule has 0 spiro atoms. The Hall–Kier alpha value is -1.81. The molecule has 1 N–H and O–H groups in total. The molecule has 0 unspecified atom stereocenters. The zero-order chi connectivity index (χ0) is 13.4. The Morgan fingerprint density at radius 2 is 2.33 bits per heavy atom. The fraction of sp³-hybridized carbons (Fsp3) is 0.214. The number of thiocarbonyl (C=S) groups is 1. The molecule has 0 bridgehead atoms. The Kier molecular flexibility index (Phi) is 5.94. The zero-order valence-electron chi connectivity index (χ0n) is 10.3. The summed E-state index contributed by atoms with van der Waals surface area (Å²) in [5, 5.41) is 2.74. The van der Waals surface area contributed by atoms with E-state index in [0.29, 0.717) is 17.8 Å². The normalized spacial score (nSPS) is 10.8. The van der Waals surface area contributed by atoms with Gasteiger partial charge in [0.2, 0.25) is 0 Å². The minimum absolute atomic E-state index is 0.190. The Labute approximate surface area is 113 Å². The van der Waals surface area contributed by atoms with Gasteiger partial charge in [-0.05, 0) is 24.6 Å². The van der Waals surface area contributed by atoms with Gasteiger partial charge in [-0.25, -0.2) is 0 Å². The third-order valence-electron chi connectivity index (χ3n) is 2.25. The van der Waals surface area contributed by atoms with Crippen molar-refractivity contribution in [3.05, 3.63) is 48.8 Å². The summed E-state index contributed by atoms with van der Waals surface area (Å²) in [7, 11) is 0. The van der Waals surface area contributed by atoms with Crippen LogP contribution in [0, 0.1) is 0 Å². The highest BCUT2D eigenvalue weighted by Crippen LogP contribution is 2.12. The van der Waals surface area contributed by atoms with Gasteiger partial charge in [0.1, 0.15) is 0 Å². The monoisotopic (exact) mass is 260 g/mol. The van der Waals surface area contributed by atoms with Crippen LogP contribution in [0.15, 0.2) is 43.1 Å². The van der Waals surface area contributed by atoms with Gasteiger partial charge in [-0.2, -0.15) is 0 Å². The molecule has 1 rings (SSSR count). The van der Waals surface area contributed by atoms with Crippen LogP contribution in [0.3, 0.4) is 0 Å². The highest BCUT2D eigenvalue weighted by Gasteiger charge is 2.12. The lowest BCUT2D eigenvalue weighted by Gasteiger charge is -2.07. The van der Waals surface area contributed by atoms with E-state index < -0.39 is 0 Å². The zero-order valence-corrected chi connectivity index (χ0v) is 11.2. The first kappa shape index (κ1) is 14.3. The SMILES string of the molecule is C=CCNC(=O)C(=CC(=S)CC)c1ccccn1. The summed E-state index contributed by atoms with van der Waals surface area (Å²) in [5.41, 5.74) is 1.11. The first-order chi connectivity index (χ1) is 8.69. The van der Waals surface area contributed by atoms with E-state index in [2.05, 4.69) is 16.9 Å². The number of carbonyl (C=O) groups is 1. The molecule has 0 aliphatic heterocycles. The summed E-state index contributed by atoms with van der Waals surface area (Å²) in [5.74, 6) is -0.190. The summed E-state index contributed by atoms with van der Waals surface area (Å²) < 4.78 is 0. The van der Waals surface area contributed by atoms with Crippen LogP contribution in [0.2, 0.25) is 0 Å². The maximum atomic E-state index is 12.0. The van der Waals surface area contributed by atoms with Crippen molar-refractivity contribution in [3.63, 3.8) is 0 Å². The molecular formula is C14H16N2OS. The highest BCUT2D eigenvalue weighted by molar-refractivity contribution is 7.80. The predicted octanol–water partition coefficient (Wildman–Crippen LogP) is 2.55. The van der Waals surface area contributed by atoms with Crippen molar-refractivity contribution >= 4 is 28.6 Å². The average Bonchev–Trinajstić information content (AvgIpc) is 2.42. The van der Waals surface area contributed by atoms with Crippen LogP contribution >= 0.6 is 12.2 Å². The van der Waals surface area contributed by atoms with Gasteiger partial charge in [0.25, 0.3) is 5.91 Å². The smallest absolute Gasteiger partial charge is 0.253 e. The summed E-state index contributed by atoms with van der Waals surface area (Å²) in [4.78, 5) is 16.9. The van der Waals surface area contributed by atoms with Crippen LogP contribution in [0.25, 0.3) is 5.57 Å². The van der Waals surface area contributed by atoms with Crippen LogP contribution in [-0.4, -0.2) is 22.3 Å². The van der Waals surface area contributed by atoms with Crippen molar-refractivity contribution in [2.24, 2.45) is 0 Å². The quantitative estimate of drug-likeness (QED) is 0.485. The largest absolute Gasteiger partial charge is 0.349 e. The van der Waals surface area contributed by atoms with Crippen molar-refractivity contribution in [1.82, 2.24) is 10.3 Å². The fourth-order valence-electron chi connectivity index (χ4n) is 1.30. The lowest BCUT2D eigenvalue weighted by atomic mass is 10.1.